The summed E-state index contributed by atoms with van der Waals surface area (Å²) in [4.78, 5) is 17.2. The summed E-state index contributed by atoms with van der Waals surface area (Å²) in [5.41, 5.74) is 3.35. The van der Waals surface area contributed by atoms with Crippen molar-refractivity contribution in [3.63, 3.8) is 0 Å². The number of carbonyl (C=O) groups is 1. The van der Waals surface area contributed by atoms with E-state index in [4.69, 9.17) is 4.74 Å². The molecule has 2 N–H and O–H groups in total. The van der Waals surface area contributed by atoms with Crippen molar-refractivity contribution < 1.29 is 9.53 Å². The molecular formula is C18H18N6O2. The van der Waals surface area contributed by atoms with E-state index in [1.165, 1.54) is 0 Å². The fourth-order valence-electron chi connectivity index (χ4n) is 2.75. The van der Waals surface area contributed by atoms with Gasteiger partial charge in [-0.2, -0.15) is 10.2 Å². The van der Waals surface area contributed by atoms with Gasteiger partial charge >= 0.3 is 0 Å². The fraction of sp³-hybridized carbons (Fsp3) is 0.222. The van der Waals surface area contributed by atoms with Gasteiger partial charge in [0.1, 0.15) is 11.4 Å². The molecule has 132 valence electrons. The Bertz CT molecular complexity index is 1110. The number of anilines is 1. The van der Waals surface area contributed by atoms with E-state index in [2.05, 4.69) is 25.6 Å². The molecule has 8 heteroatoms. The molecule has 1 amide bonds. The van der Waals surface area contributed by atoms with Crippen molar-refractivity contribution in [2.24, 2.45) is 0 Å². The van der Waals surface area contributed by atoms with Gasteiger partial charge in [0.15, 0.2) is 5.65 Å². The second-order valence-corrected chi connectivity index (χ2v) is 6.38. The highest BCUT2D eigenvalue weighted by molar-refractivity contribution is 6.09. The van der Waals surface area contributed by atoms with E-state index in [0.29, 0.717) is 22.6 Å². The Morgan fingerprint density at radius 2 is 2.12 bits per heavy atom. The molecule has 0 unspecified atom stereocenters. The van der Waals surface area contributed by atoms with E-state index >= 15 is 0 Å². The van der Waals surface area contributed by atoms with E-state index in [1.807, 2.05) is 27.0 Å². The lowest BCUT2D eigenvalue weighted by molar-refractivity contribution is 0.102. The van der Waals surface area contributed by atoms with Crippen molar-refractivity contribution in [1.29, 1.82) is 0 Å². The molecule has 3 heterocycles. The Morgan fingerprint density at radius 3 is 2.92 bits per heavy atom. The zero-order chi connectivity index (χ0) is 18.3. The molecule has 0 aliphatic rings. The number of nitrogens with one attached hydrogen (secondary N) is 2. The maximum atomic E-state index is 12.9. The number of ether oxygens (including phenoxy) is 1. The molecule has 26 heavy (non-hydrogen) atoms. The van der Waals surface area contributed by atoms with Gasteiger partial charge in [-0.1, -0.05) is 0 Å². The first-order valence-electron chi connectivity index (χ1n) is 8.26. The predicted octanol–water partition coefficient (Wildman–Crippen LogP) is 2.95. The number of hydrogen-bond acceptors (Lipinski definition) is 5. The Labute approximate surface area is 149 Å². The van der Waals surface area contributed by atoms with Crippen LogP contribution in [0.3, 0.4) is 0 Å². The van der Waals surface area contributed by atoms with Crippen LogP contribution in [0, 0.1) is 6.92 Å². The van der Waals surface area contributed by atoms with Crippen molar-refractivity contribution in [2.45, 2.75) is 26.9 Å². The molecule has 8 nitrogen and oxygen atoms in total. The second kappa shape index (κ2) is 6.14. The van der Waals surface area contributed by atoms with Crippen LogP contribution in [0.4, 0.5) is 5.69 Å². The average molecular weight is 350 g/mol. The highest BCUT2D eigenvalue weighted by atomic mass is 16.5. The van der Waals surface area contributed by atoms with Crippen LogP contribution in [0.25, 0.3) is 16.6 Å². The standard InChI is InChI=1S/C18H18N6O2/c1-10(2)26-16-5-14-12(7-20-23-14)4-13(16)18(25)22-15-8-21-24-9-11(3)6-19-17(15)24/h4-10H,1-3H3,(H,20,23)(H,22,25). The second-order valence-electron chi connectivity index (χ2n) is 6.38. The smallest absolute Gasteiger partial charge is 0.259 e. The summed E-state index contributed by atoms with van der Waals surface area (Å²) in [6.07, 6.45) is 6.77. The van der Waals surface area contributed by atoms with E-state index in [0.717, 1.165) is 16.5 Å². The zero-order valence-corrected chi connectivity index (χ0v) is 14.6. The van der Waals surface area contributed by atoms with Gasteiger partial charge in [0, 0.05) is 23.8 Å². The van der Waals surface area contributed by atoms with Crippen LogP contribution in [0.5, 0.6) is 5.75 Å². The van der Waals surface area contributed by atoms with Crippen LogP contribution >= 0.6 is 0 Å². The van der Waals surface area contributed by atoms with Crippen molar-refractivity contribution in [2.75, 3.05) is 5.32 Å². The van der Waals surface area contributed by atoms with Gasteiger partial charge in [-0.25, -0.2) is 9.50 Å². The summed E-state index contributed by atoms with van der Waals surface area (Å²) in [5, 5.41) is 14.8. The van der Waals surface area contributed by atoms with Crippen LogP contribution in [-0.2, 0) is 0 Å². The van der Waals surface area contributed by atoms with Gasteiger partial charge in [0.05, 0.1) is 29.6 Å². The molecule has 0 atom stereocenters. The van der Waals surface area contributed by atoms with Crippen molar-refractivity contribution in [1.82, 2.24) is 24.8 Å². The highest BCUT2D eigenvalue weighted by Gasteiger charge is 2.18. The largest absolute Gasteiger partial charge is 0.490 e. The minimum Gasteiger partial charge on any atom is -0.490 e. The molecule has 0 aliphatic carbocycles. The summed E-state index contributed by atoms with van der Waals surface area (Å²) in [5.74, 6) is 0.204. The normalized spacial score (nSPS) is 11.4. The number of rotatable bonds is 4. The topological polar surface area (TPSA) is 97.2 Å². The molecule has 0 spiro atoms. The molecule has 4 rings (SSSR count). The van der Waals surface area contributed by atoms with Crippen LogP contribution < -0.4 is 10.1 Å². The highest BCUT2D eigenvalue weighted by Crippen LogP contribution is 2.27. The summed E-state index contributed by atoms with van der Waals surface area (Å²) in [6.45, 7) is 5.76. The lowest BCUT2D eigenvalue weighted by Gasteiger charge is -2.14. The molecule has 0 saturated carbocycles. The lowest BCUT2D eigenvalue weighted by atomic mass is 10.1. The molecule has 0 aliphatic heterocycles. The van der Waals surface area contributed by atoms with Gasteiger partial charge < -0.3 is 10.1 Å². The Kier molecular flexibility index (Phi) is 3.80. The third kappa shape index (κ3) is 2.85. The van der Waals surface area contributed by atoms with E-state index in [-0.39, 0.29) is 12.0 Å². The first-order chi connectivity index (χ1) is 12.5. The summed E-state index contributed by atoms with van der Waals surface area (Å²) >= 11 is 0. The summed E-state index contributed by atoms with van der Waals surface area (Å²) in [6, 6.07) is 3.55. The predicted molar refractivity (Wildman–Crippen MR) is 97.5 cm³/mol. The average Bonchev–Trinajstić information content (AvgIpc) is 3.19. The van der Waals surface area contributed by atoms with Crippen LogP contribution in [0.2, 0.25) is 0 Å². The van der Waals surface area contributed by atoms with Crippen LogP contribution in [0.15, 0.2) is 36.9 Å². The molecule has 4 aromatic rings. The monoisotopic (exact) mass is 350 g/mol. The van der Waals surface area contributed by atoms with Gasteiger partial charge in [0.25, 0.3) is 5.91 Å². The number of aromatic nitrogens is 5. The van der Waals surface area contributed by atoms with Crippen molar-refractivity contribution in [3.05, 3.63) is 48.0 Å². The minimum atomic E-state index is -0.291. The quantitative estimate of drug-likeness (QED) is 0.590. The maximum absolute atomic E-state index is 12.9. The molecule has 0 fully saturated rings. The molecule has 0 radical (unpaired) electrons. The number of aryl methyl sites for hydroxylation is 1. The maximum Gasteiger partial charge on any atom is 0.259 e. The van der Waals surface area contributed by atoms with E-state index in [9.17, 15) is 4.79 Å². The Hall–Kier alpha value is -3.42. The SMILES string of the molecule is Cc1cnc2c(NC(=O)c3cc4cn[nH]c4cc3OC(C)C)cnn2c1. The fourth-order valence-corrected chi connectivity index (χ4v) is 2.75. The number of nitrogens with zero attached hydrogens (tertiary/aromatic N) is 4. The van der Waals surface area contributed by atoms with Gasteiger partial charge in [-0.15, -0.1) is 0 Å². The van der Waals surface area contributed by atoms with Gasteiger partial charge in [-0.05, 0) is 32.4 Å². The molecule has 0 saturated heterocycles. The Balaban J connectivity index is 1.72. The number of amides is 1. The first kappa shape index (κ1) is 16.1. The lowest BCUT2D eigenvalue weighted by Crippen LogP contribution is -2.16. The van der Waals surface area contributed by atoms with Crippen molar-refractivity contribution >= 4 is 28.1 Å². The van der Waals surface area contributed by atoms with Crippen LogP contribution in [-0.4, -0.2) is 36.8 Å². The molecular weight excluding hydrogens is 332 g/mol. The van der Waals surface area contributed by atoms with Crippen LogP contribution in [0.1, 0.15) is 29.8 Å². The first-order valence-corrected chi connectivity index (χ1v) is 8.26. The molecule has 1 aromatic carbocycles. The van der Waals surface area contributed by atoms with E-state index in [1.54, 1.807) is 35.2 Å². The number of carbonyl (C=O) groups excluding carboxylic acids is 1. The third-order valence-electron chi connectivity index (χ3n) is 3.88. The van der Waals surface area contributed by atoms with Gasteiger partial charge in [-0.3, -0.25) is 9.89 Å². The number of fused-ring (bicyclic) bond motifs is 2. The molecule has 0 bridgehead atoms. The number of H-pyrrole nitrogens is 1. The zero-order valence-electron chi connectivity index (χ0n) is 14.6. The summed E-state index contributed by atoms with van der Waals surface area (Å²) in [7, 11) is 0. The van der Waals surface area contributed by atoms with Gasteiger partial charge in [0.2, 0.25) is 0 Å². The third-order valence-corrected chi connectivity index (χ3v) is 3.88. The number of hydrogen-bond donors (Lipinski definition) is 2. The van der Waals surface area contributed by atoms with Crippen molar-refractivity contribution in [3.8, 4) is 5.75 Å². The number of benzene rings is 1. The Morgan fingerprint density at radius 1 is 1.27 bits per heavy atom. The van der Waals surface area contributed by atoms with E-state index < -0.39 is 0 Å². The molecule has 3 aromatic heterocycles. The minimum absolute atomic E-state index is 0.0662. The summed E-state index contributed by atoms with van der Waals surface area (Å²) < 4.78 is 7.46. The number of aromatic amines is 1.